The van der Waals surface area contributed by atoms with Gasteiger partial charge in [0.2, 0.25) is 5.91 Å². The third kappa shape index (κ3) is 5.63. The number of aliphatic imine (C=N–C) groups is 1. The largest absolute Gasteiger partial charge is 0.356 e. The Bertz CT molecular complexity index is 1670. The lowest BCUT2D eigenvalue weighted by Crippen LogP contribution is -2.59. The van der Waals surface area contributed by atoms with Gasteiger partial charge in [-0.3, -0.25) is 4.79 Å². The molecule has 0 aliphatic carbocycles. The quantitative estimate of drug-likeness (QED) is 0.262. The van der Waals surface area contributed by atoms with Gasteiger partial charge < -0.3 is 19.6 Å². The van der Waals surface area contributed by atoms with Crippen LogP contribution in [-0.2, 0) is 4.79 Å². The zero-order valence-corrected chi connectivity index (χ0v) is 28.4. The highest BCUT2D eigenvalue weighted by Crippen LogP contribution is 2.44. The number of carbonyl (C=O) groups is 1. The second-order valence-corrected chi connectivity index (χ2v) is 13.6. The molecule has 10 heteroatoms. The third-order valence-corrected chi connectivity index (χ3v) is 9.60. The standard InChI is InChI=1S/C36H43ClFN7O/c1-8-31(46)43-18-24(7)44(19-23(43)6)35-27-16-28(37)33(25-12-9-10-13-29(25)38)41-36(27)45(20-39-35)34-26(21(2)3)17-30(42-14-11-15-42)40-32(34)22(4)5/h8-10,12-13,16-17,21-24H,1,11,14-15,18-20H2,2-7H3/t23-,24+/m1/s1. The number of nitrogens with zero attached hydrogens (tertiary/aromatic N) is 7. The van der Waals surface area contributed by atoms with Crippen LogP contribution in [0.25, 0.3) is 11.3 Å². The van der Waals surface area contributed by atoms with E-state index >= 15 is 4.39 Å². The van der Waals surface area contributed by atoms with Crippen molar-refractivity contribution in [1.29, 1.82) is 0 Å². The van der Waals surface area contributed by atoms with Crippen LogP contribution in [0.4, 0.5) is 21.7 Å². The van der Waals surface area contributed by atoms with E-state index < -0.39 is 0 Å². The van der Waals surface area contributed by atoms with Crippen molar-refractivity contribution < 1.29 is 9.18 Å². The second kappa shape index (κ2) is 12.7. The molecule has 5 heterocycles. The minimum absolute atomic E-state index is 0.0156. The van der Waals surface area contributed by atoms with Crippen LogP contribution in [0.1, 0.15) is 76.6 Å². The first-order valence-electron chi connectivity index (χ1n) is 16.3. The van der Waals surface area contributed by atoms with Gasteiger partial charge in [0.15, 0.2) is 0 Å². The molecule has 242 valence electrons. The number of aromatic nitrogens is 2. The number of carbonyl (C=O) groups excluding carboxylic acids is 1. The fourth-order valence-electron chi connectivity index (χ4n) is 6.66. The third-order valence-electron chi connectivity index (χ3n) is 9.31. The van der Waals surface area contributed by atoms with E-state index in [1.165, 1.54) is 24.1 Å². The summed E-state index contributed by atoms with van der Waals surface area (Å²) in [5.74, 6) is 2.33. The Hall–Kier alpha value is -3.98. The van der Waals surface area contributed by atoms with Crippen molar-refractivity contribution in [2.75, 3.05) is 42.6 Å². The SMILES string of the molecule is C=CC(=O)N1C[C@H](C)N(C2=NCN(c3c(C(C)C)cc(N4CCC4)nc3C(C)C)c3nc(-c4ccccc4F)c(Cl)cc32)C[C@H]1C. The number of anilines is 3. The minimum Gasteiger partial charge on any atom is -0.356 e. The van der Waals surface area contributed by atoms with Crippen molar-refractivity contribution in [1.82, 2.24) is 19.8 Å². The highest BCUT2D eigenvalue weighted by atomic mass is 35.5. The van der Waals surface area contributed by atoms with E-state index in [-0.39, 0.29) is 35.6 Å². The van der Waals surface area contributed by atoms with E-state index in [0.717, 1.165) is 41.7 Å². The van der Waals surface area contributed by atoms with E-state index in [1.54, 1.807) is 18.2 Å². The number of piperazine rings is 1. The van der Waals surface area contributed by atoms with Gasteiger partial charge in [-0.05, 0) is 68.0 Å². The summed E-state index contributed by atoms with van der Waals surface area (Å²) in [6.45, 7) is 20.0. The molecule has 8 nitrogen and oxygen atoms in total. The molecule has 0 saturated carbocycles. The summed E-state index contributed by atoms with van der Waals surface area (Å²) in [6.07, 6.45) is 2.54. The van der Waals surface area contributed by atoms with E-state index in [4.69, 9.17) is 26.6 Å². The molecule has 2 atom stereocenters. The van der Waals surface area contributed by atoms with Crippen molar-refractivity contribution in [3.8, 4) is 11.3 Å². The summed E-state index contributed by atoms with van der Waals surface area (Å²) in [4.78, 5) is 36.8. The van der Waals surface area contributed by atoms with E-state index in [1.807, 2.05) is 17.9 Å². The molecule has 6 rings (SSSR count). The first-order chi connectivity index (χ1) is 22.0. The van der Waals surface area contributed by atoms with Crippen LogP contribution in [0.2, 0.25) is 5.02 Å². The van der Waals surface area contributed by atoms with Crippen molar-refractivity contribution in [3.05, 3.63) is 76.7 Å². The Kier molecular flexibility index (Phi) is 8.81. The molecule has 1 aromatic carbocycles. The predicted molar refractivity (Wildman–Crippen MR) is 185 cm³/mol. The van der Waals surface area contributed by atoms with Crippen LogP contribution < -0.4 is 9.80 Å². The summed E-state index contributed by atoms with van der Waals surface area (Å²) in [6, 6.07) is 10.6. The van der Waals surface area contributed by atoms with Crippen molar-refractivity contribution in [3.63, 3.8) is 0 Å². The average Bonchev–Trinajstić information content (AvgIpc) is 3.00. The first-order valence-corrected chi connectivity index (χ1v) is 16.6. The van der Waals surface area contributed by atoms with E-state index in [0.29, 0.717) is 41.9 Å². The molecular weight excluding hydrogens is 601 g/mol. The lowest BCUT2D eigenvalue weighted by Gasteiger charge is -2.46. The molecule has 2 saturated heterocycles. The first kappa shape index (κ1) is 32.0. The zero-order valence-electron chi connectivity index (χ0n) is 27.6. The van der Waals surface area contributed by atoms with Gasteiger partial charge in [0, 0.05) is 43.8 Å². The zero-order chi connectivity index (χ0) is 32.9. The number of pyridine rings is 2. The topological polar surface area (TPSA) is 68.2 Å². The second-order valence-electron chi connectivity index (χ2n) is 13.2. The fourth-order valence-corrected chi connectivity index (χ4v) is 6.91. The molecule has 1 amide bonds. The van der Waals surface area contributed by atoms with Gasteiger partial charge in [-0.15, -0.1) is 0 Å². The highest BCUT2D eigenvalue weighted by molar-refractivity contribution is 6.33. The highest BCUT2D eigenvalue weighted by Gasteiger charge is 2.38. The number of halogens is 2. The van der Waals surface area contributed by atoms with Gasteiger partial charge in [-0.25, -0.2) is 19.4 Å². The molecule has 0 unspecified atom stereocenters. The van der Waals surface area contributed by atoms with Crippen LogP contribution in [-0.4, -0.2) is 76.4 Å². The number of hydrogen-bond donors (Lipinski definition) is 0. The van der Waals surface area contributed by atoms with Gasteiger partial charge in [0.1, 0.15) is 30.0 Å². The molecule has 3 aliphatic heterocycles. The van der Waals surface area contributed by atoms with Gasteiger partial charge in [0.25, 0.3) is 0 Å². The molecule has 3 aliphatic rings. The summed E-state index contributed by atoms with van der Waals surface area (Å²) < 4.78 is 15.2. The van der Waals surface area contributed by atoms with Crippen LogP contribution in [0.3, 0.4) is 0 Å². The Morgan fingerprint density at radius 2 is 1.76 bits per heavy atom. The molecule has 46 heavy (non-hydrogen) atoms. The summed E-state index contributed by atoms with van der Waals surface area (Å²) in [7, 11) is 0. The summed E-state index contributed by atoms with van der Waals surface area (Å²) >= 11 is 6.95. The molecule has 2 fully saturated rings. The number of fused-ring (bicyclic) bond motifs is 1. The Labute approximate surface area is 276 Å². The number of rotatable bonds is 6. The van der Waals surface area contributed by atoms with Crippen molar-refractivity contribution in [2.24, 2.45) is 4.99 Å². The maximum Gasteiger partial charge on any atom is 0.246 e. The molecule has 0 bridgehead atoms. The smallest absolute Gasteiger partial charge is 0.246 e. The molecule has 0 spiro atoms. The van der Waals surface area contributed by atoms with Crippen molar-refractivity contribution >= 4 is 40.7 Å². The van der Waals surface area contributed by atoms with Crippen LogP contribution in [0.5, 0.6) is 0 Å². The van der Waals surface area contributed by atoms with Gasteiger partial charge in [-0.2, -0.15) is 0 Å². The molecule has 0 N–H and O–H groups in total. The number of amides is 1. The lowest BCUT2D eigenvalue weighted by atomic mass is 9.94. The lowest BCUT2D eigenvalue weighted by molar-refractivity contribution is -0.130. The molecule has 0 radical (unpaired) electrons. The summed E-state index contributed by atoms with van der Waals surface area (Å²) in [5.41, 5.74) is 4.66. The van der Waals surface area contributed by atoms with E-state index in [2.05, 4.69) is 62.0 Å². The van der Waals surface area contributed by atoms with Gasteiger partial charge in [0.05, 0.1) is 27.7 Å². The van der Waals surface area contributed by atoms with Crippen LogP contribution >= 0.6 is 11.6 Å². The average molecular weight is 644 g/mol. The van der Waals surface area contributed by atoms with Gasteiger partial charge >= 0.3 is 0 Å². The Balaban J connectivity index is 1.54. The van der Waals surface area contributed by atoms with E-state index in [9.17, 15) is 4.79 Å². The summed E-state index contributed by atoms with van der Waals surface area (Å²) in [5, 5.41) is 0.346. The van der Waals surface area contributed by atoms with Crippen LogP contribution in [0.15, 0.2) is 54.0 Å². The monoisotopic (exact) mass is 643 g/mol. The minimum atomic E-state index is -0.384. The maximum absolute atomic E-state index is 15.2. The predicted octanol–water partition coefficient (Wildman–Crippen LogP) is 7.36. The Morgan fingerprint density at radius 3 is 2.39 bits per heavy atom. The molecule has 3 aromatic rings. The van der Waals surface area contributed by atoms with Crippen LogP contribution in [0, 0.1) is 5.82 Å². The molecular formula is C36H43ClFN7O. The Morgan fingerprint density at radius 1 is 1.02 bits per heavy atom. The number of hydrogen-bond acceptors (Lipinski definition) is 7. The molecule has 2 aromatic heterocycles. The van der Waals surface area contributed by atoms with Crippen molar-refractivity contribution in [2.45, 2.75) is 71.9 Å². The number of amidine groups is 1. The van der Waals surface area contributed by atoms with Gasteiger partial charge in [-0.1, -0.05) is 58.0 Å². The number of benzene rings is 1. The maximum atomic E-state index is 15.2. The normalized spacial score (nSPS) is 19.7. The fraction of sp³-hybridized carbons (Fsp3) is 0.444.